The molecule has 288 valence electrons. The van der Waals surface area contributed by atoms with Crippen molar-refractivity contribution < 1.29 is 12.4 Å². The molecule has 0 unspecified atom stereocenters. The minimum Gasteiger partial charge on any atom is -1.00 e. The van der Waals surface area contributed by atoms with Crippen LogP contribution in [0.2, 0.25) is 0 Å². The van der Waals surface area contributed by atoms with Gasteiger partial charge in [0.1, 0.15) is 11.4 Å². The molecular weight excluding hydrogens is 626 g/mol. The van der Waals surface area contributed by atoms with Gasteiger partial charge >= 0.3 is 0 Å². The van der Waals surface area contributed by atoms with E-state index >= 15 is 0 Å². The first-order chi connectivity index (χ1) is 24.3. The van der Waals surface area contributed by atoms with E-state index in [2.05, 4.69) is 74.5 Å². The van der Waals surface area contributed by atoms with Crippen LogP contribution in [-0.2, 0) is 0 Å². The van der Waals surface area contributed by atoms with E-state index in [1.165, 1.54) is 230 Å². The first kappa shape index (κ1) is 46.7. The van der Waals surface area contributed by atoms with Crippen LogP contribution in [-0.4, -0.2) is 13.1 Å². The summed E-state index contributed by atoms with van der Waals surface area (Å²) < 4.78 is 1.03. The summed E-state index contributed by atoms with van der Waals surface area (Å²) in [6.07, 6.45) is 45.8. The quantitative estimate of drug-likeness (QED) is 0.0488. The zero-order valence-corrected chi connectivity index (χ0v) is 34.4. The van der Waals surface area contributed by atoms with Gasteiger partial charge in [0.15, 0.2) is 0 Å². The smallest absolute Gasteiger partial charge is 0.137 e. The Morgan fingerprint density at radius 3 is 0.700 bits per heavy atom. The summed E-state index contributed by atoms with van der Waals surface area (Å²) in [4.78, 5) is 0. The van der Waals surface area contributed by atoms with Gasteiger partial charge in [0, 0.05) is 0 Å². The van der Waals surface area contributed by atoms with E-state index in [0.717, 1.165) is 4.48 Å². The van der Waals surface area contributed by atoms with E-state index in [9.17, 15) is 0 Å². The van der Waals surface area contributed by atoms with Crippen LogP contribution >= 0.6 is 0 Å². The zero-order chi connectivity index (χ0) is 34.8. The fourth-order valence-corrected chi connectivity index (χ4v) is 8.06. The molecule has 0 spiro atoms. The Kier molecular flexibility index (Phi) is 32.5. The van der Waals surface area contributed by atoms with Crippen LogP contribution in [0.15, 0.2) is 60.7 Å². The lowest BCUT2D eigenvalue weighted by atomic mass is 10.0. The van der Waals surface area contributed by atoms with E-state index in [0.29, 0.717) is 0 Å². The number of halogens is 1. The largest absolute Gasteiger partial charge is 1.00 e. The minimum absolute atomic E-state index is 0. The van der Waals surface area contributed by atoms with E-state index in [1.54, 1.807) is 0 Å². The number of hydrogen-bond acceptors (Lipinski definition) is 0. The molecule has 0 aliphatic heterocycles. The van der Waals surface area contributed by atoms with Crippen molar-refractivity contribution in [2.45, 2.75) is 219 Å². The lowest BCUT2D eigenvalue weighted by molar-refractivity contribution is -0.0000105. The summed E-state index contributed by atoms with van der Waals surface area (Å²) in [7, 11) is 0. The van der Waals surface area contributed by atoms with Crippen molar-refractivity contribution in [3.8, 4) is 0 Å². The third-order valence-electron chi connectivity index (χ3n) is 11.3. The first-order valence-corrected chi connectivity index (χ1v) is 22.3. The van der Waals surface area contributed by atoms with Crippen LogP contribution < -0.4 is 16.9 Å². The van der Waals surface area contributed by atoms with Crippen LogP contribution in [0.4, 0.5) is 11.4 Å². The average molecular weight is 711 g/mol. The molecule has 0 aliphatic carbocycles. The van der Waals surface area contributed by atoms with Gasteiger partial charge in [-0.3, -0.25) is 4.48 Å². The zero-order valence-electron chi connectivity index (χ0n) is 33.6. The number of rotatable bonds is 36. The van der Waals surface area contributed by atoms with Crippen LogP contribution in [0.3, 0.4) is 0 Å². The second-order valence-corrected chi connectivity index (χ2v) is 15.7. The Morgan fingerprint density at radius 2 is 0.480 bits per heavy atom. The number of para-hydroxylation sites is 2. The number of hydrogen-bond donors (Lipinski definition) is 0. The summed E-state index contributed by atoms with van der Waals surface area (Å²) in [5.41, 5.74) is 2.96. The molecule has 0 bridgehead atoms. The summed E-state index contributed by atoms with van der Waals surface area (Å²) in [5, 5.41) is 0. The standard InChI is InChI=1S/C48H84N.ClH/c1-3-5-7-9-11-13-15-17-19-21-23-25-27-29-31-39-45-49(47-41-35-33-36-42-47,48-43-37-34-38-44-48)46-40-32-30-28-26-24-22-20-18-16-14-12-10-8-6-4-2;/h33-38,41-44H,3-32,39-40,45-46H2,1-2H3;1H/q+1;/p-1. The highest BCUT2D eigenvalue weighted by Crippen LogP contribution is 2.36. The highest BCUT2D eigenvalue weighted by atomic mass is 35.5. The van der Waals surface area contributed by atoms with Gasteiger partial charge in [0.25, 0.3) is 0 Å². The number of quaternary nitrogens is 1. The molecule has 0 heterocycles. The Bertz CT molecular complexity index is 850. The Morgan fingerprint density at radius 1 is 0.280 bits per heavy atom. The maximum absolute atomic E-state index is 2.39. The molecule has 0 saturated heterocycles. The summed E-state index contributed by atoms with van der Waals surface area (Å²) >= 11 is 0. The Hall–Kier alpha value is -1.31. The molecule has 2 heteroatoms. The fourth-order valence-electron chi connectivity index (χ4n) is 8.06. The van der Waals surface area contributed by atoms with E-state index in [1.807, 2.05) is 0 Å². The van der Waals surface area contributed by atoms with Crippen molar-refractivity contribution in [1.82, 2.24) is 4.48 Å². The van der Waals surface area contributed by atoms with Crippen LogP contribution in [0.25, 0.3) is 0 Å². The van der Waals surface area contributed by atoms with Gasteiger partial charge in [-0.15, -0.1) is 0 Å². The second-order valence-electron chi connectivity index (χ2n) is 15.7. The predicted octanol–water partition coefficient (Wildman–Crippen LogP) is 13.9. The summed E-state index contributed by atoms with van der Waals surface area (Å²) in [5.74, 6) is 0. The third-order valence-corrected chi connectivity index (χ3v) is 11.3. The van der Waals surface area contributed by atoms with E-state index in [4.69, 9.17) is 0 Å². The highest BCUT2D eigenvalue weighted by molar-refractivity contribution is 5.58. The lowest BCUT2D eigenvalue weighted by Gasteiger charge is -2.38. The summed E-state index contributed by atoms with van der Waals surface area (Å²) in [6.45, 7) is 7.08. The van der Waals surface area contributed by atoms with Crippen LogP contribution in [0, 0.1) is 0 Å². The molecule has 2 aromatic rings. The number of unbranched alkanes of at least 4 members (excludes halogenated alkanes) is 30. The van der Waals surface area contributed by atoms with Gasteiger partial charge in [-0.1, -0.05) is 230 Å². The van der Waals surface area contributed by atoms with E-state index < -0.39 is 0 Å². The van der Waals surface area contributed by atoms with Crippen molar-refractivity contribution in [3.05, 3.63) is 60.7 Å². The summed E-state index contributed by atoms with van der Waals surface area (Å²) in [6, 6.07) is 23.0. The van der Waals surface area contributed by atoms with Gasteiger partial charge < -0.3 is 12.4 Å². The highest BCUT2D eigenvalue weighted by Gasteiger charge is 2.32. The van der Waals surface area contributed by atoms with Gasteiger partial charge in [-0.25, -0.2) is 0 Å². The van der Waals surface area contributed by atoms with Crippen LogP contribution in [0.1, 0.15) is 219 Å². The first-order valence-electron chi connectivity index (χ1n) is 22.3. The molecule has 0 radical (unpaired) electrons. The molecule has 0 amide bonds. The molecule has 0 atom stereocenters. The van der Waals surface area contributed by atoms with Gasteiger partial charge in [-0.05, 0) is 49.9 Å². The molecular formula is C48H84ClN. The normalized spacial score (nSPS) is 11.6. The minimum atomic E-state index is 0. The molecule has 0 aromatic heterocycles. The molecule has 0 saturated carbocycles. The number of benzene rings is 2. The van der Waals surface area contributed by atoms with Crippen molar-refractivity contribution in [2.75, 3.05) is 13.1 Å². The average Bonchev–Trinajstić information content (AvgIpc) is 3.14. The van der Waals surface area contributed by atoms with Gasteiger partial charge in [0.2, 0.25) is 0 Å². The molecule has 0 N–H and O–H groups in total. The molecule has 0 fully saturated rings. The second kappa shape index (κ2) is 34.8. The molecule has 2 rings (SSSR count). The lowest BCUT2D eigenvalue weighted by Crippen LogP contribution is -3.00. The molecule has 1 nitrogen and oxygen atoms in total. The van der Waals surface area contributed by atoms with Crippen LogP contribution in [0.5, 0.6) is 0 Å². The molecule has 0 aliphatic rings. The fraction of sp³-hybridized carbons (Fsp3) is 0.750. The van der Waals surface area contributed by atoms with E-state index in [-0.39, 0.29) is 12.4 Å². The van der Waals surface area contributed by atoms with Crippen molar-refractivity contribution >= 4 is 11.4 Å². The Labute approximate surface area is 320 Å². The molecule has 2 aromatic carbocycles. The monoisotopic (exact) mass is 710 g/mol. The predicted molar refractivity (Wildman–Crippen MR) is 223 cm³/mol. The van der Waals surface area contributed by atoms with Crippen molar-refractivity contribution in [1.29, 1.82) is 0 Å². The van der Waals surface area contributed by atoms with Crippen molar-refractivity contribution in [3.63, 3.8) is 0 Å². The van der Waals surface area contributed by atoms with Gasteiger partial charge in [0.05, 0.1) is 13.1 Å². The topological polar surface area (TPSA) is 0 Å². The number of nitrogens with zero attached hydrogens (tertiary/aromatic N) is 1. The third kappa shape index (κ3) is 23.3. The maximum atomic E-state index is 2.39. The Balaban J connectivity index is 0.0000125. The van der Waals surface area contributed by atoms with Gasteiger partial charge in [-0.2, -0.15) is 0 Å². The van der Waals surface area contributed by atoms with Crippen molar-refractivity contribution in [2.24, 2.45) is 0 Å². The maximum Gasteiger partial charge on any atom is 0.137 e. The molecule has 50 heavy (non-hydrogen) atoms. The SMILES string of the molecule is CCCCCCCCCCCCCCCCCC[N+](CCCCCCCCCCCCCCCCCC)(c1ccccc1)c1ccccc1.[Cl-].